The maximum atomic E-state index is 5.06. The molecule has 1 saturated heterocycles. The average Bonchev–Trinajstić information content (AvgIpc) is 2.94. The standard InChI is InChI=1S/C13H25NOS/c1-12(2)4-7-16-10-13(12)8-11(13)9-14-5-6-15-3/h11,14H,4-10H2,1-3H3. The van der Waals surface area contributed by atoms with Gasteiger partial charge in [0, 0.05) is 13.7 Å². The Balaban J connectivity index is 1.78. The predicted octanol–water partition coefficient (Wildman–Crippen LogP) is 2.39. The fourth-order valence-electron chi connectivity index (χ4n) is 3.13. The van der Waals surface area contributed by atoms with Gasteiger partial charge in [0.2, 0.25) is 0 Å². The summed E-state index contributed by atoms with van der Waals surface area (Å²) < 4.78 is 5.06. The van der Waals surface area contributed by atoms with Crippen LogP contribution in [0.2, 0.25) is 0 Å². The minimum Gasteiger partial charge on any atom is -0.383 e. The second-order valence-electron chi connectivity index (χ2n) is 5.94. The molecule has 0 bridgehead atoms. The Morgan fingerprint density at radius 1 is 1.44 bits per heavy atom. The molecule has 0 aromatic rings. The monoisotopic (exact) mass is 243 g/mol. The highest BCUT2D eigenvalue weighted by molar-refractivity contribution is 7.99. The molecule has 2 rings (SSSR count). The Morgan fingerprint density at radius 2 is 2.25 bits per heavy atom. The van der Waals surface area contributed by atoms with Gasteiger partial charge in [0.1, 0.15) is 0 Å². The fraction of sp³-hybridized carbons (Fsp3) is 1.00. The van der Waals surface area contributed by atoms with Crippen molar-refractivity contribution in [1.29, 1.82) is 0 Å². The quantitative estimate of drug-likeness (QED) is 0.749. The van der Waals surface area contributed by atoms with E-state index in [0.717, 1.165) is 19.1 Å². The minimum absolute atomic E-state index is 0.561. The van der Waals surface area contributed by atoms with Crippen LogP contribution in [0.15, 0.2) is 0 Å². The molecule has 2 unspecified atom stereocenters. The van der Waals surface area contributed by atoms with Gasteiger partial charge in [0.05, 0.1) is 6.61 Å². The predicted molar refractivity (Wildman–Crippen MR) is 71.0 cm³/mol. The molecule has 16 heavy (non-hydrogen) atoms. The van der Waals surface area contributed by atoms with Gasteiger partial charge < -0.3 is 10.1 Å². The molecule has 3 heteroatoms. The third kappa shape index (κ3) is 2.27. The van der Waals surface area contributed by atoms with Crippen molar-refractivity contribution in [3.8, 4) is 0 Å². The van der Waals surface area contributed by atoms with Gasteiger partial charge in [0.25, 0.3) is 0 Å². The van der Waals surface area contributed by atoms with Crippen LogP contribution in [0.25, 0.3) is 0 Å². The Kier molecular flexibility index (Phi) is 3.87. The van der Waals surface area contributed by atoms with Gasteiger partial charge in [-0.25, -0.2) is 0 Å². The zero-order valence-corrected chi connectivity index (χ0v) is 11.7. The summed E-state index contributed by atoms with van der Waals surface area (Å²) in [7, 11) is 1.77. The van der Waals surface area contributed by atoms with E-state index in [-0.39, 0.29) is 0 Å². The Bertz CT molecular complexity index is 244. The van der Waals surface area contributed by atoms with E-state index < -0.39 is 0 Å². The molecule has 0 aromatic heterocycles. The number of hydrogen-bond acceptors (Lipinski definition) is 3. The highest BCUT2D eigenvalue weighted by Crippen LogP contribution is 2.67. The first-order valence-electron chi connectivity index (χ1n) is 6.40. The molecule has 1 heterocycles. The van der Waals surface area contributed by atoms with Crippen molar-refractivity contribution >= 4 is 11.8 Å². The molecular weight excluding hydrogens is 218 g/mol. The maximum Gasteiger partial charge on any atom is 0.0587 e. The lowest BCUT2D eigenvalue weighted by atomic mass is 9.73. The topological polar surface area (TPSA) is 21.3 Å². The molecule has 2 nitrogen and oxygen atoms in total. The van der Waals surface area contributed by atoms with Crippen LogP contribution in [0.3, 0.4) is 0 Å². The van der Waals surface area contributed by atoms with Gasteiger partial charge in [-0.3, -0.25) is 0 Å². The van der Waals surface area contributed by atoms with Gasteiger partial charge >= 0.3 is 0 Å². The Hall–Kier alpha value is 0.270. The van der Waals surface area contributed by atoms with Gasteiger partial charge in [-0.05, 0) is 47.6 Å². The van der Waals surface area contributed by atoms with Crippen LogP contribution in [0, 0.1) is 16.7 Å². The first-order valence-corrected chi connectivity index (χ1v) is 7.55. The molecule has 0 aromatic carbocycles. The Labute approximate surface area is 104 Å². The zero-order chi connectivity index (χ0) is 11.6. The van der Waals surface area contributed by atoms with Crippen LogP contribution >= 0.6 is 11.8 Å². The summed E-state index contributed by atoms with van der Waals surface area (Å²) in [6, 6.07) is 0. The molecule has 1 aliphatic heterocycles. The molecule has 94 valence electrons. The van der Waals surface area contributed by atoms with E-state index in [2.05, 4.69) is 30.9 Å². The lowest BCUT2D eigenvalue weighted by Crippen LogP contribution is -2.36. The van der Waals surface area contributed by atoms with Crippen molar-refractivity contribution in [1.82, 2.24) is 5.32 Å². The second-order valence-corrected chi connectivity index (χ2v) is 7.05. The first kappa shape index (κ1) is 12.7. The highest BCUT2D eigenvalue weighted by Gasteiger charge is 2.62. The van der Waals surface area contributed by atoms with Crippen molar-refractivity contribution in [2.75, 3.05) is 38.3 Å². The van der Waals surface area contributed by atoms with E-state index >= 15 is 0 Å². The maximum absolute atomic E-state index is 5.06. The zero-order valence-electron chi connectivity index (χ0n) is 10.8. The summed E-state index contributed by atoms with van der Waals surface area (Å²) in [5.74, 6) is 3.65. The van der Waals surface area contributed by atoms with Crippen molar-refractivity contribution < 1.29 is 4.74 Å². The Morgan fingerprint density at radius 3 is 2.94 bits per heavy atom. The lowest BCUT2D eigenvalue weighted by molar-refractivity contribution is 0.173. The number of rotatable bonds is 5. The van der Waals surface area contributed by atoms with Crippen LogP contribution in [0.4, 0.5) is 0 Å². The summed E-state index contributed by atoms with van der Waals surface area (Å²) in [6.07, 6.45) is 2.83. The largest absolute Gasteiger partial charge is 0.383 e. The van der Waals surface area contributed by atoms with Gasteiger partial charge in [-0.1, -0.05) is 13.8 Å². The number of ether oxygens (including phenoxy) is 1. The number of methoxy groups -OCH3 is 1. The summed E-state index contributed by atoms with van der Waals surface area (Å²) in [5, 5.41) is 3.52. The molecule has 2 fully saturated rings. The molecule has 0 radical (unpaired) electrons. The lowest BCUT2D eigenvalue weighted by Gasteiger charge is -2.40. The summed E-state index contributed by atoms with van der Waals surface area (Å²) in [6.45, 7) is 7.96. The smallest absolute Gasteiger partial charge is 0.0587 e. The van der Waals surface area contributed by atoms with Gasteiger partial charge in [0.15, 0.2) is 0 Å². The molecule has 0 amide bonds. The van der Waals surface area contributed by atoms with E-state index in [9.17, 15) is 0 Å². The fourth-order valence-corrected chi connectivity index (χ4v) is 5.04. The van der Waals surface area contributed by atoms with E-state index in [4.69, 9.17) is 4.74 Å². The van der Waals surface area contributed by atoms with E-state index in [1.165, 1.54) is 30.9 Å². The van der Waals surface area contributed by atoms with Crippen LogP contribution < -0.4 is 5.32 Å². The third-order valence-corrected chi connectivity index (χ3v) is 5.90. The molecular formula is C13H25NOS. The van der Waals surface area contributed by atoms with Crippen LogP contribution in [0.1, 0.15) is 26.7 Å². The molecule has 2 atom stereocenters. The van der Waals surface area contributed by atoms with Crippen molar-refractivity contribution in [3.05, 3.63) is 0 Å². The average molecular weight is 243 g/mol. The van der Waals surface area contributed by atoms with Gasteiger partial charge in [-0.2, -0.15) is 11.8 Å². The first-order chi connectivity index (χ1) is 7.62. The second kappa shape index (κ2) is 4.87. The molecule has 1 N–H and O–H groups in total. The number of hydrogen-bond donors (Lipinski definition) is 1. The summed E-state index contributed by atoms with van der Waals surface area (Å²) in [4.78, 5) is 0. The van der Waals surface area contributed by atoms with E-state index in [1.807, 2.05) is 0 Å². The number of thioether (sulfide) groups is 1. The van der Waals surface area contributed by atoms with Crippen molar-refractivity contribution in [2.24, 2.45) is 16.7 Å². The molecule has 1 saturated carbocycles. The van der Waals surface area contributed by atoms with E-state index in [1.54, 1.807) is 7.11 Å². The highest BCUT2D eigenvalue weighted by atomic mass is 32.2. The normalized spacial score (nSPS) is 36.6. The molecule has 2 aliphatic rings. The van der Waals surface area contributed by atoms with E-state index in [0.29, 0.717) is 10.8 Å². The van der Waals surface area contributed by atoms with Crippen molar-refractivity contribution in [3.63, 3.8) is 0 Å². The summed E-state index contributed by atoms with van der Waals surface area (Å²) in [5.41, 5.74) is 1.21. The molecule has 1 spiro atoms. The van der Waals surface area contributed by atoms with Crippen LogP contribution in [-0.2, 0) is 4.74 Å². The minimum atomic E-state index is 0.561. The van der Waals surface area contributed by atoms with Crippen molar-refractivity contribution in [2.45, 2.75) is 26.7 Å². The van der Waals surface area contributed by atoms with Crippen LogP contribution in [-0.4, -0.2) is 38.3 Å². The summed E-state index contributed by atoms with van der Waals surface area (Å²) >= 11 is 2.16. The van der Waals surface area contributed by atoms with Crippen LogP contribution in [0.5, 0.6) is 0 Å². The molecule has 1 aliphatic carbocycles. The third-order valence-electron chi connectivity index (χ3n) is 4.68. The number of nitrogens with one attached hydrogen (secondary N) is 1. The van der Waals surface area contributed by atoms with Gasteiger partial charge in [-0.15, -0.1) is 0 Å². The SMILES string of the molecule is COCCNCC1CC12CSCCC2(C)C.